The molecule has 0 atom stereocenters. The van der Waals surface area contributed by atoms with Gasteiger partial charge >= 0.3 is 0 Å². The molecule has 0 aliphatic carbocycles. The molecule has 5 nitrogen and oxygen atoms in total. The van der Waals surface area contributed by atoms with Gasteiger partial charge in [-0.25, -0.2) is 0 Å². The maximum Gasteiger partial charge on any atom is 0.265 e. The average molecular weight is 248 g/mol. The standard InChI is InChI=1S/C13H16N2O3/c1-9-4-5-11-10(7-9)15(13(17)8-18-11)6-2-3-12(14)16/h4-5,7H,2-3,6,8H2,1H3,(H2,14,16). The quantitative estimate of drug-likeness (QED) is 0.863. The molecule has 2 rings (SSSR count). The highest BCUT2D eigenvalue weighted by molar-refractivity contribution is 5.97. The van der Waals surface area contributed by atoms with Gasteiger partial charge in [-0.3, -0.25) is 9.59 Å². The lowest BCUT2D eigenvalue weighted by molar-refractivity contribution is -0.122. The Morgan fingerprint density at radius 1 is 1.50 bits per heavy atom. The van der Waals surface area contributed by atoms with Crippen molar-refractivity contribution in [3.05, 3.63) is 23.8 Å². The highest BCUT2D eigenvalue weighted by Crippen LogP contribution is 2.32. The average Bonchev–Trinajstić information content (AvgIpc) is 2.31. The third kappa shape index (κ3) is 2.61. The lowest BCUT2D eigenvalue weighted by Crippen LogP contribution is -2.39. The van der Waals surface area contributed by atoms with Gasteiger partial charge in [0.1, 0.15) is 5.75 Å². The van der Waals surface area contributed by atoms with E-state index in [1.165, 1.54) is 0 Å². The zero-order valence-corrected chi connectivity index (χ0v) is 10.3. The third-order valence-electron chi connectivity index (χ3n) is 2.86. The van der Waals surface area contributed by atoms with Crippen LogP contribution in [0.25, 0.3) is 0 Å². The zero-order valence-electron chi connectivity index (χ0n) is 10.3. The number of amides is 2. The molecule has 0 radical (unpaired) electrons. The molecule has 0 unspecified atom stereocenters. The Morgan fingerprint density at radius 3 is 3.00 bits per heavy atom. The first-order chi connectivity index (χ1) is 8.58. The van der Waals surface area contributed by atoms with Gasteiger partial charge < -0.3 is 15.4 Å². The van der Waals surface area contributed by atoms with Crippen LogP contribution in [0.4, 0.5) is 5.69 Å². The molecule has 2 N–H and O–H groups in total. The summed E-state index contributed by atoms with van der Waals surface area (Å²) in [6, 6.07) is 5.71. The molecule has 18 heavy (non-hydrogen) atoms. The molecule has 1 heterocycles. The molecule has 2 amide bonds. The topological polar surface area (TPSA) is 72.6 Å². The number of ether oxygens (including phenoxy) is 1. The highest BCUT2D eigenvalue weighted by Gasteiger charge is 2.25. The Kier molecular flexibility index (Phi) is 3.50. The Labute approximate surface area is 106 Å². The minimum Gasteiger partial charge on any atom is -0.482 e. The maximum absolute atomic E-state index is 11.8. The number of fused-ring (bicyclic) bond motifs is 1. The minimum atomic E-state index is -0.347. The van der Waals surface area contributed by atoms with Gasteiger partial charge in [-0.05, 0) is 31.0 Å². The van der Waals surface area contributed by atoms with Crippen LogP contribution in [-0.4, -0.2) is 25.0 Å². The van der Waals surface area contributed by atoms with Crippen LogP contribution in [0, 0.1) is 6.92 Å². The lowest BCUT2D eigenvalue weighted by atomic mass is 10.1. The molecule has 0 saturated carbocycles. The van der Waals surface area contributed by atoms with Crippen molar-refractivity contribution in [1.82, 2.24) is 0 Å². The first-order valence-electron chi connectivity index (χ1n) is 5.90. The predicted octanol–water partition coefficient (Wildman–Crippen LogP) is 0.986. The van der Waals surface area contributed by atoms with E-state index < -0.39 is 0 Å². The second-order valence-electron chi connectivity index (χ2n) is 4.38. The Morgan fingerprint density at radius 2 is 2.28 bits per heavy atom. The van der Waals surface area contributed by atoms with E-state index >= 15 is 0 Å². The van der Waals surface area contributed by atoms with Crippen LogP contribution in [0.1, 0.15) is 18.4 Å². The number of hydrogen-bond donors (Lipinski definition) is 1. The zero-order chi connectivity index (χ0) is 13.1. The van der Waals surface area contributed by atoms with Crippen LogP contribution >= 0.6 is 0 Å². The van der Waals surface area contributed by atoms with Crippen LogP contribution in [0.3, 0.4) is 0 Å². The third-order valence-corrected chi connectivity index (χ3v) is 2.86. The first-order valence-corrected chi connectivity index (χ1v) is 5.90. The van der Waals surface area contributed by atoms with E-state index in [1.807, 2.05) is 25.1 Å². The maximum atomic E-state index is 11.8. The number of hydrogen-bond acceptors (Lipinski definition) is 3. The molecule has 1 aliphatic heterocycles. The van der Waals surface area contributed by atoms with E-state index in [9.17, 15) is 9.59 Å². The second kappa shape index (κ2) is 5.08. The van der Waals surface area contributed by atoms with E-state index in [1.54, 1.807) is 4.90 Å². The fourth-order valence-electron chi connectivity index (χ4n) is 1.97. The molecule has 1 aromatic carbocycles. The fraction of sp³-hybridized carbons (Fsp3) is 0.385. The summed E-state index contributed by atoms with van der Waals surface area (Å²) in [4.78, 5) is 24.2. The summed E-state index contributed by atoms with van der Waals surface area (Å²) < 4.78 is 5.37. The molecule has 96 valence electrons. The smallest absolute Gasteiger partial charge is 0.265 e. The van der Waals surface area contributed by atoms with E-state index in [0.29, 0.717) is 18.7 Å². The summed E-state index contributed by atoms with van der Waals surface area (Å²) in [6.07, 6.45) is 0.847. The minimum absolute atomic E-state index is 0.0482. The number of primary amides is 1. The van der Waals surface area contributed by atoms with E-state index in [4.69, 9.17) is 10.5 Å². The van der Waals surface area contributed by atoms with Gasteiger partial charge in [-0.15, -0.1) is 0 Å². The largest absolute Gasteiger partial charge is 0.482 e. The summed E-state index contributed by atoms with van der Waals surface area (Å²) in [6.45, 7) is 2.50. The normalized spacial score (nSPS) is 14.1. The summed E-state index contributed by atoms with van der Waals surface area (Å²) in [5.74, 6) is 0.275. The van der Waals surface area contributed by atoms with Gasteiger partial charge in [0.15, 0.2) is 6.61 Å². The van der Waals surface area contributed by atoms with Crippen molar-refractivity contribution in [2.75, 3.05) is 18.1 Å². The number of carbonyl (C=O) groups excluding carboxylic acids is 2. The fourth-order valence-corrected chi connectivity index (χ4v) is 1.97. The van der Waals surface area contributed by atoms with Gasteiger partial charge in [0.2, 0.25) is 5.91 Å². The number of carbonyl (C=O) groups is 2. The molecule has 1 aliphatic rings. The van der Waals surface area contributed by atoms with E-state index in [-0.39, 0.29) is 24.8 Å². The van der Waals surface area contributed by atoms with Crippen LogP contribution in [-0.2, 0) is 9.59 Å². The van der Waals surface area contributed by atoms with Gasteiger partial charge in [0.05, 0.1) is 5.69 Å². The van der Waals surface area contributed by atoms with Crippen LogP contribution in [0.2, 0.25) is 0 Å². The molecule has 5 heteroatoms. The molecule has 0 saturated heterocycles. The Bertz CT molecular complexity index is 485. The van der Waals surface area contributed by atoms with Crippen LogP contribution in [0.5, 0.6) is 5.75 Å². The number of anilines is 1. The number of benzene rings is 1. The van der Waals surface area contributed by atoms with Crippen LogP contribution < -0.4 is 15.4 Å². The number of nitrogens with two attached hydrogens (primary N) is 1. The Hall–Kier alpha value is -2.04. The van der Waals surface area contributed by atoms with Crippen molar-refractivity contribution in [3.63, 3.8) is 0 Å². The van der Waals surface area contributed by atoms with Crippen molar-refractivity contribution in [2.24, 2.45) is 5.73 Å². The summed E-state index contributed by atoms with van der Waals surface area (Å²) >= 11 is 0. The number of nitrogens with zero attached hydrogens (tertiary/aromatic N) is 1. The molecule has 0 fully saturated rings. The van der Waals surface area contributed by atoms with Gasteiger partial charge in [-0.1, -0.05) is 6.07 Å². The highest BCUT2D eigenvalue weighted by atomic mass is 16.5. The summed E-state index contributed by atoms with van der Waals surface area (Å²) in [5, 5.41) is 0. The molecule has 0 aromatic heterocycles. The molecule has 0 bridgehead atoms. The Balaban J connectivity index is 2.16. The van der Waals surface area contributed by atoms with Crippen molar-refractivity contribution in [1.29, 1.82) is 0 Å². The summed E-state index contributed by atoms with van der Waals surface area (Å²) in [7, 11) is 0. The van der Waals surface area contributed by atoms with Gasteiger partial charge in [-0.2, -0.15) is 0 Å². The predicted molar refractivity (Wildman–Crippen MR) is 67.5 cm³/mol. The molecular weight excluding hydrogens is 232 g/mol. The van der Waals surface area contributed by atoms with E-state index in [2.05, 4.69) is 0 Å². The van der Waals surface area contributed by atoms with E-state index in [0.717, 1.165) is 11.3 Å². The molecule has 1 aromatic rings. The molecule has 0 spiro atoms. The van der Waals surface area contributed by atoms with Crippen molar-refractivity contribution in [2.45, 2.75) is 19.8 Å². The van der Waals surface area contributed by atoms with Crippen LogP contribution in [0.15, 0.2) is 18.2 Å². The van der Waals surface area contributed by atoms with Crippen molar-refractivity contribution >= 4 is 17.5 Å². The van der Waals surface area contributed by atoms with Crippen molar-refractivity contribution < 1.29 is 14.3 Å². The van der Waals surface area contributed by atoms with Gasteiger partial charge in [0.25, 0.3) is 5.91 Å². The number of aryl methyl sites for hydroxylation is 1. The monoisotopic (exact) mass is 248 g/mol. The second-order valence-corrected chi connectivity index (χ2v) is 4.38. The summed E-state index contributed by atoms with van der Waals surface area (Å²) in [5.41, 5.74) is 6.93. The van der Waals surface area contributed by atoms with Gasteiger partial charge in [0, 0.05) is 13.0 Å². The molecular formula is C13H16N2O3. The first kappa shape index (κ1) is 12.4. The van der Waals surface area contributed by atoms with Crippen molar-refractivity contribution in [3.8, 4) is 5.75 Å². The number of rotatable bonds is 4. The SMILES string of the molecule is Cc1ccc2c(c1)N(CCCC(N)=O)C(=O)CO2. The lowest BCUT2D eigenvalue weighted by Gasteiger charge is -2.29.